The lowest BCUT2D eigenvalue weighted by atomic mass is 9.86. The maximum absolute atomic E-state index is 13.1. The number of amides is 2. The van der Waals surface area contributed by atoms with Crippen LogP contribution in [0.3, 0.4) is 0 Å². The molecule has 0 aromatic carbocycles. The van der Waals surface area contributed by atoms with Crippen molar-refractivity contribution in [3.8, 4) is 6.07 Å². The number of hydrogen-bond donors (Lipinski definition) is 2. The number of Topliss-reactive ketones (excluding diaryl/α,β-unsaturated/α-hetero) is 1. The average molecular weight is 511 g/mol. The van der Waals surface area contributed by atoms with Gasteiger partial charge >= 0.3 is 12.1 Å². The Morgan fingerprint density at radius 2 is 2.14 bits per heavy atom. The monoisotopic (exact) mass is 510 g/mol. The van der Waals surface area contributed by atoms with Gasteiger partial charge in [-0.2, -0.15) is 5.26 Å². The Morgan fingerprint density at radius 3 is 2.81 bits per heavy atom. The van der Waals surface area contributed by atoms with E-state index in [0.29, 0.717) is 29.8 Å². The van der Waals surface area contributed by atoms with Crippen molar-refractivity contribution in [2.75, 3.05) is 31.6 Å². The first kappa shape index (κ1) is 27.6. The Balaban J connectivity index is 1.84. The van der Waals surface area contributed by atoms with Gasteiger partial charge in [-0.05, 0) is 45.7 Å². The van der Waals surface area contributed by atoms with E-state index in [2.05, 4.69) is 27.3 Å². The van der Waals surface area contributed by atoms with E-state index in [4.69, 9.17) is 10.00 Å². The number of hydrogen-bond acceptors (Lipinski definition) is 9. The second-order valence-electron chi connectivity index (χ2n) is 9.93. The summed E-state index contributed by atoms with van der Waals surface area (Å²) in [6, 6.07) is 3.02. The number of aromatic nitrogens is 3. The van der Waals surface area contributed by atoms with Crippen LogP contribution in [0.15, 0.2) is 31.2 Å². The largest absolute Gasteiger partial charge is 0.442 e. The first-order valence-corrected chi connectivity index (χ1v) is 12.1. The van der Waals surface area contributed by atoms with Crippen LogP contribution in [0, 0.1) is 17.2 Å². The molecular weight excluding hydrogens is 476 g/mol. The number of rotatable bonds is 7. The summed E-state index contributed by atoms with van der Waals surface area (Å²) in [5.74, 6) is 0.597. The normalized spacial score (nSPS) is 17.5. The Hall–Kier alpha value is -3.98. The van der Waals surface area contributed by atoms with Crippen LogP contribution in [-0.4, -0.2) is 75.8 Å². The minimum Gasteiger partial charge on any atom is -0.442 e. The topological polar surface area (TPSA) is 145 Å². The summed E-state index contributed by atoms with van der Waals surface area (Å²) < 4.78 is 6.66. The number of nitrogens with one attached hydrogen (secondary N) is 2. The molecule has 0 saturated carbocycles. The molecule has 1 fully saturated rings. The fourth-order valence-corrected chi connectivity index (χ4v) is 4.36. The van der Waals surface area contributed by atoms with E-state index in [1.54, 1.807) is 33.0 Å². The number of anilines is 1. The molecule has 2 aromatic heterocycles. The lowest BCUT2D eigenvalue weighted by Crippen LogP contribution is -2.50. The number of ether oxygens (including phenoxy) is 1. The van der Waals surface area contributed by atoms with Crippen molar-refractivity contribution >= 4 is 34.8 Å². The first-order chi connectivity index (χ1) is 17.6. The van der Waals surface area contributed by atoms with E-state index in [1.165, 1.54) is 17.0 Å². The van der Waals surface area contributed by atoms with Gasteiger partial charge in [0.25, 0.3) is 0 Å². The Kier molecular flexibility index (Phi) is 8.83. The SMILES string of the molecule is C=CCN(NC(=O)n1ccc2c(N(C)[C@H]3CNCC[C@@H]3CC(=O)CC#N)ncnc21)C(=O)OC(C)(C)C. The Bertz CT molecular complexity index is 1200. The minimum absolute atomic E-state index is 0.0399. The van der Waals surface area contributed by atoms with Gasteiger partial charge in [0.2, 0.25) is 0 Å². The lowest BCUT2D eigenvalue weighted by molar-refractivity contribution is -0.119. The number of piperidine rings is 1. The van der Waals surface area contributed by atoms with Crippen molar-refractivity contribution in [1.29, 1.82) is 5.26 Å². The molecule has 0 bridgehead atoms. The number of ketones is 1. The van der Waals surface area contributed by atoms with E-state index in [-0.39, 0.29) is 30.7 Å². The number of fused-ring (bicyclic) bond motifs is 1. The standard InChI is InChI=1S/C25H34N8O4/c1-6-12-33(24(36)37-25(2,3)4)30-23(35)32-13-9-19-21(28-16-29-22(19)32)31(5)20-15-27-11-8-17(20)14-18(34)7-10-26/h6,9,13,16-17,20,27H,1,7-8,11-12,14-15H2,2-5H3,(H,30,35)/t17-,20+/m1/s1. The molecule has 0 spiro atoms. The number of nitriles is 1. The van der Waals surface area contributed by atoms with Gasteiger partial charge in [0.05, 0.1) is 24.4 Å². The van der Waals surface area contributed by atoms with Crippen LogP contribution in [0.2, 0.25) is 0 Å². The third-order valence-electron chi connectivity index (χ3n) is 6.02. The van der Waals surface area contributed by atoms with Gasteiger partial charge in [0.1, 0.15) is 23.5 Å². The van der Waals surface area contributed by atoms with Crippen molar-refractivity contribution in [3.63, 3.8) is 0 Å². The molecule has 2 N–H and O–H groups in total. The van der Waals surface area contributed by atoms with E-state index in [9.17, 15) is 14.4 Å². The second kappa shape index (κ2) is 11.8. The quantitative estimate of drug-likeness (QED) is 0.424. The van der Waals surface area contributed by atoms with E-state index in [0.717, 1.165) is 18.0 Å². The van der Waals surface area contributed by atoms with Crippen molar-refractivity contribution in [2.24, 2.45) is 5.92 Å². The van der Waals surface area contributed by atoms with Crippen LogP contribution in [0.4, 0.5) is 15.4 Å². The molecule has 1 aliphatic rings. The predicted octanol–water partition coefficient (Wildman–Crippen LogP) is 2.61. The van der Waals surface area contributed by atoms with E-state index < -0.39 is 17.7 Å². The summed E-state index contributed by atoms with van der Waals surface area (Å²) >= 11 is 0. The van der Waals surface area contributed by atoms with Crippen LogP contribution in [0.25, 0.3) is 11.0 Å². The summed E-state index contributed by atoms with van der Waals surface area (Å²) in [4.78, 5) is 48.6. The maximum atomic E-state index is 13.1. The molecule has 0 unspecified atom stereocenters. The highest BCUT2D eigenvalue weighted by Gasteiger charge is 2.32. The molecule has 37 heavy (non-hydrogen) atoms. The summed E-state index contributed by atoms with van der Waals surface area (Å²) in [7, 11) is 1.90. The lowest BCUT2D eigenvalue weighted by Gasteiger charge is -2.39. The van der Waals surface area contributed by atoms with Gasteiger partial charge in [-0.1, -0.05) is 6.08 Å². The molecule has 1 aliphatic heterocycles. The highest BCUT2D eigenvalue weighted by molar-refractivity contribution is 5.95. The molecule has 198 valence electrons. The van der Waals surface area contributed by atoms with Crippen LogP contribution in [-0.2, 0) is 9.53 Å². The number of carbonyl (C=O) groups excluding carboxylic acids is 3. The Labute approximate surface area is 216 Å². The minimum atomic E-state index is -0.737. The average Bonchev–Trinajstić information content (AvgIpc) is 3.27. The highest BCUT2D eigenvalue weighted by atomic mass is 16.6. The van der Waals surface area contributed by atoms with Gasteiger partial charge in [-0.15, -0.1) is 6.58 Å². The molecule has 0 aliphatic carbocycles. The first-order valence-electron chi connectivity index (χ1n) is 12.1. The fourth-order valence-electron chi connectivity index (χ4n) is 4.36. The summed E-state index contributed by atoms with van der Waals surface area (Å²) in [6.45, 7) is 10.3. The zero-order valence-corrected chi connectivity index (χ0v) is 21.7. The number of likely N-dealkylation sites (N-methyl/N-ethyl adjacent to an activating group) is 1. The smallest absolute Gasteiger partial charge is 0.429 e. The molecule has 0 radical (unpaired) electrons. The maximum Gasteiger partial charge on any atom is 0.429 e. The summed E-state index contributed by atoms with van der Waals surface area (Å²) in [6.07, 6.45) is 4.72. The zero-order valence-electron chi connectivity index (χ0n) is 21.7. The number of carbonyl (C=O) groups is 3. The molecule has 3 rings (SSSR count). The van der Waals surface area contributed by atoms with Crippen LogP contribution in [0.5, 0.6) is 0 Å². The molecule has 1 saturated heterocycles. The summed E-state index contributed by atoms with van der Waals surface area (Å²) in [5, 5.41) is 13.9. The van der Waals surface area contributed by atoms with Gasteiger partial charge in [0, 0.05) is 32.3 Å². The van der Waals surface area contributed by atoms with Gasteiger partial charge in [-0.3, -0.25) is 9.36 Å². The highest BCUT2D eigenvalue weighted by Crippen LogP contribution is 2.29. The zero-order chi connectivity index (χ0) is 27.2. The molecule has 2 amide bonds. The molecule has 2 atom stereocenters. The van der Waals surface area contributed by atoms with Gasteiger partial charge in [-0.25, -0.2) is 30.0 Å². The van der Waals surface area contributed by atoms with Crippen molar-refractivity contribution < 1.29 is 19.1 Å². The molecule has 12 heteroatoms. The second-order valence-corrected chi connectivity index (χ2v) is 9.93. The molecule has 3 heterocycles. The Morgan fingerprint density at radius 1 is 1.38 bits per heavy atom. The van der Waals surface area contributed by atoms with Gasteiger partial charge in [0.15, 0.2) is 5.65 Å². The molecule has 2 aromatic rings. The fraction of sp³-hybridized carbons (Fsp3) is 0.520. The number of nitrogens with zero attached hydrogens (tertiary/aromatic N) is 6. The van der Waals surface area contributed by atoms with Crippen molar-refractivity contribution in [3.05, 3.63) is 31.2 Å². The van der Waals surface area contributed by atoms with Gasteiger partial charge < -0.3 is 15.0 Å². The van der Waals surface area contributed by atoms with Crippen molar-refractivity contribution in [1.82, 2.24) is 30.3 Å². The third kappa shape index (κ3) is 6.83. The van der Waals surface area contributed by atoms with E-state index >= 15 is 0 Å². The summed E-state index contributed by atoms with van der Waals surface area (Å²) in [5.41, 5.74) is 2.17. The molecular formula is C25H34N8O4. The van der Waals surface area contributed by atoms with Crippen LogP contribution >= 0.6 is 0 Å². The van der Waals surface area contributed by atoms with Crippen LogP contribution < -0.4 is 15.6 Å². The van der Waals surface area contributed by atoms with E-state index in [1.807, 2.05) is 18.0 Å². The predicted molar refractivity (Wildman–Crippen MR) is 138 cm³/mol. The number of hydrazine groups is 1. The van der Waals surface area contributed by atoms with Crippen molar-refractivity contribution in [2.45, 2.75) is 51.7 Å². The molecule has 12 nitrogen and oxygen atoms in total. The van der Waals surface area contributed by atoms with Crippen LogP contribution in [0.1, 0.15) is 40.0 Å². The third-order valence-corrected chi connectivity index (χ3v) is 6.02.